The number of aromatic hydroxyl groups is 1. The highest BCUT2D eigenvalue weighted by Gasteiger charge is 2.50. The van der Waals surface area contributed by atoms with Crippen LogP contribution in [0.5, 0.6) is 17.2 Å². The van der Waals surface area contributed by atoms with Crippen LogP contribution in [-0.2, 0) is 14.2 Å². The Morgan fingerprint density at radius 3 is 2.42 bits per heavy atom. The third kappa shape index (κ3) is 4.64. The highest BCUT2D eigenvalue weighted by atomic mass is 16.7. The fraction of sp³-hybridized carbons (Fsp3) is 0.462. The Morgan fingerprint density at radius 1 is 0.947 bits per heavy atom. The molecule has 38 heavy (non-hydrogen) atoms. The average Bonchev–Trinajstić information content (AvgIpc) is 3.21. The summed E-state index contributed by atoms with van der Waals surface area (Å²) in [6.45, 7) is -1.52. The van der Waals surface area contributed by atoms with Crippen LogP contribution in [0, 0.1) is 0 Å². The van der Waals surface area contributed by atoms with Crippen molar-refractivity contribution in [2.24, 2.45) is 0 Å². The zero-order valence-electron chi connectivity index (χ0n) is 20.4. The third-order valence-electron chi connectivity index (χ3n) is 7.02. The first-order valence-corrected chi connectivity index (χ1v) is 12.0. The Bertz CT molecular complexity index is 1300. The normalized spacial score (nSPS) is 33.6. The van der Waals surface area contributed by atoms with E-state index in [-0.39, 0.29) is 18.1 Å². The quantitative estimate of drug-likeness (QED) is 0.190. The summed E-state index contributed by atoms with van der Waals surface area (Å²) in [4.78, 5) is 0. The van der Waals surface area contributed by atoms with Gasteiger partial charge in [-0.25, -0.2) is 0 Å². The second-order valence-electron chi connectivity index (χ2n) is 9.52. The molecule has 5 rings (SSSR count). The topological polar surface area (TPSA) is 188 Å². The Kier molecular flexibility index (Phi) is 7.35. The zero-order valence-corrected chi connectivity index (χ0v) is 20.4. The van der Waals surface area contributed by atoms with Gasteiger partial charge in [0.1, 0.15) is 53.4 Å². The van der Waals surface area contributed by atoms with Crippen LogP contribution >= 0.6 is 0 Å². The molecule has 2 heterocycles. The summed E-state index contributed by atoms with van der Waals surface area (Å²) in [5.41, 5.74) is -1.89. The molecule has 0 saturated carbocycles. The van der Waals surface area contributed by atoms with Crippen LogP contribution in [-0.4, -0.2) is 111 Å². The van der Waals surface area contributed by atoms with Crippen LogP contribution in [0.3, 0.4) is 0 Å². The van der Waals surface area contributed by atoms with Gasteiger partial charge in [0.15, 0.2) is 6.29 Å². The first-order valence-electron chi connectivity index (χ1n) is 12.0. The maximum atomic E-state index is 10.5. The number of phenols is 1. The molecule has 0 amide bonds. The molecule has 0 unspecified atom stereocenters. The van der Waals surface area contributed by atoms with Crippen LogP contribution < -0.4 is 9.47 Å². The molecule has 0 radical (unpaired) electrons. The van der Waals surface area contributed by atoms with Crippen molar-refractivity contribution in [3.63, 3.8) is 0 Å². The van der Waals surface area contributed by atoms with Gasteiger partial charge in [0.05, 0.1) is 26.9 Å². The van der Waals surface area contributed by atoms with E-state index in [1.807, 2.05) is 18.2 Å². The molecule has 0 bridgehead atoms. The maximum absolute atomic E-state index is 10.5. The van der Waals surface area contributed by atoms with Gasteiger partial charge >= 0.3 is 0 Å². The van der Waals surface area contributed by atoms with Crippen molar-refractivity contribution in [2.45, 2.75) is 48.7 Å². The van der Waals surface area contributed by atoms with E-state index in [4.69, 9.17) is 23.7 Å². The van der Waals surface area contributed by atoms with Crippen molar-refractivity contribution in [1.82, 2.24) is 0 Å². The van der Waals surface area contributed by atoms with Gasteiger partial charge < -0.3 is 59.4 Å². The molecule has 2 saturated heterocycles. The van der Waals surface area contributed by atoms with E-state index < -0.39 is 61.9 Å². The number of hydrogen-bond acceptors (Lipinski definition) is 12. The number of phenolic OH excluding ortho intramolecular Hbond substituents is 1. The number of hydrogen-bond donors (Lipinski definition) is 7. The molecule has 2 aliphatic heterocycles. The SMILES string of the molecule is COc1cc(O[C@@H]2O[C@H](CO[C@@H]3OC[C@](O)(CO)[C@H]3O)[C@@H](O)[C@H](O)[C@H]2O)cc2ccc3cccc(O)c3c12. The lowest BCUT2D eigenvalue weighted by Gasteiger charge is -2.40. The Labute approximate surface area is 216 Å². The molecule has 0 aliphatic carbocycles. The van der Waals surface area contributed by atoms with Gasteiger partial charge in [-0.3, -0.25) is 0 Å². The summed E-state index contributed by atoms with van der Waals surface area (Å²) in [6.07, 6.45) is -10.4. The standard InChI is InChI=1S/C26H30O12/c1-34-16-8-14(7-13-6-5-12-3-2-4-15(28)18(12)19(13)16)37-24-22(31)21(30)20(29)17(38-24)9-35-25-23(32)26(33,10-27)11-36-25/h2-8,17,20-25,27-33H,9-11H2,1H3/t17-,20-,21+,22-,23+,24-,25-,26-/m1/s1. The van der Waals surface area contributed by atoms with Crippen LogP contribution in [0.15, 0.2) is 42.5 Å². The minimum atomic E-state index is -1.89. The van der Waals surface area contributed by atoms with E-state index in [1.54, 1.807) is 24.3 Å². The van der Waals surface area contributed by atoms with Crippen LogP contribution in [0.2, 0.25) is 0 Å². The number of fused-ring (bicyclic) bond motifs is 3. The summed E-state index contributed by atoms with van der Waals surface area (Å²) in [7, 11) is 1.47. The predicted octanol–water partition coefficient (Wildman–Crippen LogP) is -0.649. The molecule has 0 spiro atoms. The molecule has 0 aromatic heterocycles. The minimum Gasteiger partial charge on any atom is -0.507 e. The average molecular weight is 535 g/mol. The lowest BCUT2D eigenvalue weighted by molar-refractivity contribution is -0.289. The Morgan fingerprint density at radius 2 is 1.71 bits per heavy atom. The molecular formula is C26H30O12. The van der Waals surface area contributed by atoms with Crippen LogP contribution in [0.1, 0.15) is 0 Å². The third-order valence-corrected chi connectivity index (χ3v) is 7.02. The molecule has 8 atom stereocenters. The summed E-state index contributed by atoms with van der Waals surface area (Å²) in [6, 6.07) is 12.0. The highest BCUT2D eigenvalue weighted by molar-refractivity contribution is 6.13. The summed E-state index contributed by atoms with van der Waals surface area (Å²) in [5, 5.41) is 74.1. The number of methoxy groups -OCH3 is 1. The van der Waals surface area contributed by atoms with E-state index >= 15 is 0 Å². The number of rotatable bonds is 7. The van der Waals surface area contributed by atoms with E-state index in [0.717, 1.165) is 5.39 Å². The second-order valence-corrected chi connectivity index (χ2v) is 9.52. The smallest absolute Gasteiger partial charge is 0.229 e. The number of benzene rings is 3. The van der Waals surface area contributed by atoms with Gasteiger partial charge in [-0.2, -0.15) is 0 Å². The largest absolute Gasteiger partial charge is 0.507 e. The highest BCUT2D eigenvalue weighted by Crippen LogP contribution is 2.40. The number of ether oxygens (including phenoxy) is 5. The Balaban J connectivity index is 1.36. The van der Waals surface area contributed by atoms with Gasteiger partial charge in [0.2, 0.25) is 6.29 Å². The second kappa shape index (κ2) is 10.4. The summed E-state index contributed by atoms with van der Waals surface area (Å²) >= 11 is 0. The number of aliphatic hydroxyl groups excluding tert-OH is 5. The van der Waals surface area contributed by atoms with Gasteiger partial charge in [-0.05, 0) is 22.9 Å². The van der Waals surface area contributed by atoms with Gasteiger partial charge in [-0.15, -0.1) is 0 Å². The lowest BCUT2D eigenvalue weighted by Crippen LogP contribution is -2.60. The van der Waals surface area contributed by atoms with Gasteiger partial charge in [-0.1, -0.05) is 24.3 Å². The van der Waals surface area contributed by atoms with E-state index in [2.05, 4.69) is 0 Å². The van der Waals surface area contributed by atoms with Crippen LogP contribution in [0.25, 0.3) is 21.5 Å². The van der Waals surface area contributed by atoms with E-state index in [9.17, 15) is 35.7 Å². The van der Waals surface area contributed by atoms with E-state index in [1.165, 1.54) is 7.11 Å². The molecule has 206 valence electrons. The lowest BCUT2D eigenvalue weighted by atomic mass is 9.98. The molecule has 3 aromatic rings. The maximum Gasteiger partial charge on any atom is 0.229 e. The fourth-order valence-electron chi connectivity index (χ4n) is 4.80. The fourth-order valence-corrected chi connectivity index (χ4v) is 4.80. The van der Waals surface area contributed by atoms with Crippen molar-refractivity contribution in [1.29, 1.82) is 0 Å². The molecule has 12 heteroatoms. The molecule has 12 nitrogen and oxygen atoms in total. The van der Waals surface area contributed by atoms with Crippen molar-refractivity contribution < 1.29 is 59.4 Å². The van der Waals surface area contributed by atoms with Crippen molar-refractivity contribution in [3.8, 4) is 17.2 Å². The first-order chi connectivity index (χ1) is 18.2. The van der Waals surface area contributed by atoms with E-state index in [0.29, 0.717) is 21.9 Å². The van der Waals surface area contributed by atoms with Gasteiger partial charge in [0.25, 0.3) is 0 Å². The van der Waals surface area contributed by atoms with Crippen molar-refractivity contribution in [2.75, 3.05) is 26.9 Å². The van der Waals surface area contributed by atoms with Gasteiger partial charge in [0, 0.05) is 16.8 Å². The predicted molar refractivity (Wildman–Crippen MR) is 131 cm³/mol. The first kappa shape index (κ1) is 26.8. The number of aliphatic hydroxyl groups is 6. The molecule has 2 fully saturated rings. The molecule has 2 aliphatic rings. The molecular weight excluding hydrogens is 504 g/mol. The summed E-state index contributed by atoms with van der Waals surface area (Å²) < 4.78 is 27.7. The molecule has 3 aromatic carbocycles. The van der Waals surface area contributed by atoms with Crippen LogP contribution in [0.4, 0.5) is 0 Å². The zero-order chi connectivity index (χ0) is 27.2. The molecule has 7 N–H and O–H groups in total. The Hall–Kier alpha value is -2.78. The summed E-state index contributed by atoms with van der Waals surface area (Å²) in [5.74, 6) is 0.693. The minimum absolute atomic E-state index is 0.0832. The van der Waals surface area contributed by atoms with Crippen molar-refractivity contribution >= 4 is 21.5 Å². The monoisotopic (exact) mass is 534 g/mol. The van der Waals surface area contributed by atoms with Crippen molar-refractivity contribution in [3.05, 3.63) is 42.5 Å².